The summed E-state index contributed by atoms with van der Waals surface area (Å²) >= 11 is 0. The van der Waals surface area contributed by atoms with Gasteiger partial charge in [0.1, 0.15) is 0 Å². The van der Waals surface area contributed by atoms with Gasteiger partial charge in [-0.2, -0.15) is 0 Å². The van der Waals surface area contributed by atoms with Gasteiger partial charge in [0.2, 0.25) is 0 Å². The van der Waals surface area contributed by atoms with E-state index >= 15 is 0 Å². The zero-order chi connectivity index (χ0) is 7.11. The van der Waals surface area contributed by atoms with Gasteiger partial charge in [-0.25, -0.2) is 5.90 Å². The smallest absolute Gasteiger partial charge is 0.0708 e. The lowest BCUT2D eigenvalue weighted by Gasteiger charge is -2.09. The Balaban J connectivity index is 3.18. The maximum Gasteiger partial charge on any atom is 0.0708 e. The third-order valence-corrected chi connectivity index (χ3v) is 1.45. The highest BCUT2D eigenvalue weighted by Gasteiger charge is 2.03. The van der Waals surface area contributed by atoms with Gasteiger partial charge in [0.15, 0.2) is 0 Å². The molecule has 0 heterocycles. The van der Waals surface area contributed by atoms with Gasteiger partial charge in [-0.1, -0.05) is 13.3 Å². The van der Waals surface area contributed by atoms with Gasteiger partial charge in [-0.3, -0.25) is 0 Å². The molecule has 0 radical (unpaired) electrons. The van der Waals surface area contributed by atoms with Crippen LogP contribution in [0, 0.1) is 5.92 Å². The summed E-state index contributed by atoms with van der Waals surface area (Å²) < 4.78 is 0. The lowest BCUT2D eigenvalue weighted by molar-refractivity contribution is 0.0880. The van der Waals surface area contributed by atoms with Crippen LogP contribution in [0.25, 0.3) is 0 Å². The lowest BCUT2D eigenvalue weighted by atomic mass is 10.1. The summed E-state index contributed by atoms with van der Waals surface area (Å²) in [5.41, 5.74) is 0. The first-order valence-corrected chi connectivity index (χ1v) is 3.27. The van der Waals surface area contributed by atoms with Crippen molar-refractivity contribution in [2.75, 3.05) is 13.2 Å². The van der Waals surface area contributed by atoms with Crippen molar-refractivity contribution in [1.82, 2.24) is 0 Å². The maximum atomic E-state index is 8.50. The lowest BCUT2D eigenvalue weighted by Crippen LogP contribution is -2.13. The van der Waals surface area contributed by atoms with Crippen molar-refractivity contribution in [3.8, 4) is 0 Å². The third-order valence-electron chi connectivity index (χ3n) is 1.45. The highest BCUT2D eigenvalue weighted by Crippen LogP contribution is 2.05. The number of aliphatic hydroxyl groups is 1. The first kappa shape index (κ1) is 8.88. The molecular formula is C6H15NO2. The van der Waals surface area contributed by atoms with Crippen molar-refractivity contribution in [3.05, 3.63) is 0 Å². The van der Waals surface area contributed by atoms with Crippen LogP contribution in [0.3, 0.4) is 0 Å². The van der Waals surface area contributed by atoms with E-state index in [1.165, 1.54) is 0 Å². The maximum absolute atomic E-state index is 8.50. The molecule has 3 nitrogen and oxygen atoms in total. The summed E-state index contributed by atoms with van der Waals surface area (Å²) in [6, 6.07) is 0. The zero-order valence-corrected chi connectivity index (χ0v) is 5.84. The van der Waals surface area contributed by atoms with Crippen LogP contribution in [0.2, 0.25) is 0 Å². The molecule has 0 bridgehead atoms. The Kier molecular flexibility index (Phi) is 5.93. The van der Waals surface area contributed by atoms with Crippen LogP contribution in [0.4, 0.5) is 0 Å². The van der Waals surface area contributed by atoms with E-state index in [4.69, 9.17) is 11.0 Å². The van der Waals surface area contributed by atoms with Gasteiger partial charge in [0, 0.05) is 6.61 Å². The van der Waals surface area contributed by atoms with Crippen molar-refractivity contribution in [2.24, 2.45) is 11.8 Å². The normalized spacial score (nSPS) is 13.7. The molecule has 9 heavy (non-hydrogen) atoms. The minimum Gasteiger partial charge on any atom is -0.396 e. The number of hydrogen-bond acceptors (Lipinski definition) is 3. The quantitative estimate of drug-likeness (QED) is 0.530. The van der Waals surface area contributed by atoms with Crippen molar-refractivity contribution in [2.45, 2.75) is 19.8 Å². The van der Waals surface area contributed by atoms with E-state index in [1.54, 1.807) is 0 Å². The Hall–Kier alpha value is -0.120. The zero-order valence-electron chi connectivity index (χ0n) is 5.84. The SMILES string of the molecule is CCC(CCO)CON. The summed E-state index contributed by atoms with van der Waals surface area (Å²) in [7, 11) is 0. The first-order valence-electron chi connectivity index (χ1n) is 3.27. The first-order chi connectivity index (χ1) is 4.35. The van der Waals surface area contributed by atoms with Gasteiger partial charge in [0.25, 0.3) is 0 Å². The summed E-state index contributed by atoms with van der Waals surface area (Å²) in [5, 5.41) is 8.50. The van der Waals surface area contributed by atoms with Crippen LogP contribution in [-0.4, -0.2) is 18.3 Å². The predicted molar refractivity (Wildman–Crippen MR) is 35.6 cm³/mol. The fourth-order valence-electron chi connectivity index (χ4n) is 0.724. The number of nitrogens with two attached hydrogens (primary N) is 1. The van der Waals surface area contributed by atoms with Gasteiger partial charge < -0.3 is 9.94 Å². The molecule has 0 aromatic rings. The molecule has 0 aliphatic heterocycles. The summed E-state index contributed by atoms with van der Waals surface area (Å²) in [5.74, 6) is 5.27. The van der Waals surface area contributed by atoms with Crippen LogP contribution < -0.4 is 5.90 Å². The molecular weight excluding hydrogens is 118 g/mol. The Morgan fingerprint density at radius 3 is 2.67 bits per heavy atom. The highest BCUT2D eigenvalue weighted by molar-refractivity contribution is 4.53. The summed E-state index contributed by atoms with van der Waals surface area (Å²) in [6.45, 7) is 2.83. The molecule has 0 amide bonds. The van der Waals surface area contributed by atoms with Crippen molar-refractivity contribution in [3.63, 3.8) is 0 Å². The van der Waals surface area contributed by atoms with Crippen molar-refractivity contribution in [1.29, 1.82) is 0 Å². The van der Waals surface area contributed by atoms with Crippen LogP contribution in [0.1, 0.15) is 19.8 Å². The van der Waals surface area contributed by atoms with Gasteiger partial charge in [-0.05, 0) is 12.3 Å². The molecule has 0 aliphatic rings. The minimum atomic E-state index is 0.224. The molecule has 0 spiro atoms. The van der Waals surface area contributed by atoms with Gasteiger partial charge >= 0.3 is 0 Å². The van der Waals surface area contributed by atoms with Crippen LogP contribution in [0.15, 0.2) is 0 Å². The molecule has 0 aromatic carbocycles. The molecule has 1 unspecified atom stereocenters. The summed E-state index contributed by atoms with van der Waals surface area (Å²) in [4.78, 5) is 4.44. The Morgan fingerprint density at radius 1 is 1.67 bits per heavy atom. The van der Waals surface area contributed by atoms with E-state index in [0.29, 0.717) is 12.5 Å². The van der Waals surface area contributed by atoms with Gasteiger partial charge in [0.05, 0.1) is 6.61 Å². The molecule has 0 aromatic heterocycles. The van der Waals surface area contributed by atoms with Crippen LogP contribution >= 0.6 is 0 Å². The van der Waals surface area contributed by atoms with Crippen molar-refractivity contribution >= 4 is 0 Å². The second-order valence-corrected chi connectivity index (χ2v) is 2.12. The number of aliphatic hydroxyl groups excluding tert-OH is 1. The standard InChI is InChI=1S/C6H15NO2/c1-2-6(3-4-8)5-9-7/h6,8H,2-5,7H2,1H3. The average molecular weight is 133 g/mol. The molecule has 0 rings (SSSR count). The third kappa shape index (κ3) is 4.39. The Bertz CT molecular complexity index is 53.0. The average Bonchev–Trinajstić information content (AvgIpc) is 1.88. The number of rotatable bonds is 5. The Labute approximate surface area is 55.8 Å². The van der Waals surface area contributed by atoms with Crippen molar-refractivity contribution < 1.29 is 9.94 Å². The highest BCUT2D eigenvalue weighted by atomic mass is 16.6. The fourth-order valence-corrected chi connectivity index (χ4v) is 0.724. The van der Waals surface area contributed by atoms with Gasteiger partial charge in [-0.15, -0.1) is 0 Å². The molecule has 3 N–H and O–H groups in total. The Morgan fingerprint density at radius 2 is 2.33 bits per heavy atom. The topological polar surface area (TPSA) is 55.5 Å². The molecule has 0 saturated carbocycles. The second-order valence-electron chi connectivity index (χ2n) is 2.12. The van der Waals surface area contributed by atoms with Crippen LogP contribution in [-0.2, 0) is 4.84 Å². The van der Waals surface area contributed by atoms with E-state index in [-0.39, 0.29) is 6.61 Å². The summed E-state index contributed by atoms with van der Waals surface area (Å²) in [6.07, 6.45) is 1.80. The molecule has 0 saturated heterocycles. The second kappa shape index (κ2) is 6.01. The fraction of sp³-hybridized carbons (Fsp3) is 1.00. The molecule has 0 fully saturated rings. The van der Waals surface area contributed by atoms with E-state index in [9.17, 15) is 0 Å². The molecule has 56 valence electrons. The van der Waals surface area contributed by atoms with E-state index in [0.717, 1.165) is 12.8 Å². The molecule has 0 aliphatic carbocycles. The van der Waals surface area contributed by atoms with E-state index in [2.05, 4.69) is 11.8 Å². The predicted octanol–water partition coefficient (Wildman–Crippen LogP) is 0.285. The van der Waals surface area contributed by atoms with Crippen LogP contribution in [0.5, 0.6) is 0 Å². The minimum absolute atomic E-state index is 0.224. The molecule has 1 atom stereocenters. The van der Waals surface area contributed by atoms with E-state index < -0.39 is 0 Å². The largest absolute Gasteiger partial charge is 0.396 e. The monoisotopic (exact) mass is 133 g/mol. The molecule has 3 heteroatoms. The van der Waals surface area contributed by atoms with E-state index in [1.807, 2.05) is 0 Å². The number of hydrogen-bond donors (Lipinski definition) is 2.